The molecule has 0 spiro atoms. The van der Waals surface area contributed by atoms with E-state index in [1.807, 2.05) is 11.8 Å². The van der Waals surface area contributed by atoms with Gasteiger partial charge in [0.2, 0.25) is 0 Å². The summed E-state index contributed by atoms with van der Waals surface area (Å²) in [5, 5.41) is 6.35. The predicted octanol–water partition coefficient (Wildman–Crippen LogP) is 9.95. The molecule has 0 amide bonds. The Morgan fingerprint density at radius 3 is 2.09 bits per heavy atom. The fraction of sp³-hybridized carbons (Fsp3) is 0.182. The highest BCUT2D eigenvalue weighted by atomic mass is 32.2. The maximum absolute atomic E-state index is 4.89. The van der Waals surface area contributed by atoms with Gasteiger partial charge >= 0.3 is 0 Å². The van der Waals surface area contributed by atoms with Gasteiger partial charge in [-0.1, -0.05) is 123 Å². The minimum absolute atomic E-state index is 0.227. The normalized spacial score (nSPS) is 14.4. The molecular formula is C33H29NS. The van der Waals surface area contributed by atoms with Gasteiger partial charge in [0.05, 0.1) is 5.52 Å². The van der Waals surface area contributed by atoms with E-state index in [9.17, 15) is 0 Å². The van der Waals surface area contributed by atoms with Crippen LogP contribution in [-0.2, 0) is 0 Å². The Bertz CT molecular complexity index is 1640. The van der Waals surface area contributed by atoms with Gasteiger partial charge in [0.15, 0.2) is 0 Å². The third-order valence-electron chi connectivity index (χ3n) is 7.08. The van der Waals surface area contributed by atoms with Crippen molar-refractivity contribution < 1.29 is 0 Å². The predicted molar refractivity (Wildman–Crippen MR) is 153 cm³/mol. The van der Waals surface area contributed by atoms with Crippen LogP contribution in [0.4, 0.5) is 0 Å². The molecule has 2 heteroatoms. The first kappa shape index (κ1) is 22.1. The van der Waals surface area contributed by atoms with Crippen molar-refractivity contribution in [3.8, 4) is 11.1 Å². The van der Waals surface area contributed by atoms with Crippen LogP contribution in [0.1, 0.15) is 33.6 Å². The van der Waals surface area contributed by atoms with Crippen LogP contribution >= 0.6 is 11.8 Å². The molecule has 0 unspecified atom stereocenters. The van der Waals surface area contributed by atoms with Gasteiger partial charge in [0.25, 0.3) is 0 Å². The minimum atomic E-state index is 0.227. The van der Waals surface area contributed by atoms with E-state index in [2.05, 4.69) is 118 Å². The molecular weight excluding hydrogens is 442 g/mol. The number of fused-ring (bicyclic) bond motifs is 4. The summed E-state index contributed by atoms with van der Waals surface area (Å²) in [4.78, 5) is 7.66. The standard InChI is InChI=1S/C33H29NS/c1-33(2,3)23-17-19-24(20-18-23)35-32-26-14-8-7-13-25(26)30(22-11-5-4-6-12-22)28-21-34-29-16-10-9-15-27(29)31(28)32/h4-17,19,21H,18,20H2,1-3H3. The van der Waals surface area contributed by atoms with Gasteiger partial charge in [-0.25, -0.2) is 0 Å². The molecule has 1 nitrogen and oxygen atoms in total. The fourth-order valence-electron chi connectivity index (χ4n) is 5.24. The van der Waals surface area contributed by atoms with Crippen LogP contribution < -0.4 is 0 Å². The van der Waals surface area contributed by atoms with Gasteiger partial charge in [-0.2, -0.15) is 0 Å². The number of allylic oxidation sites excluding steroid dienone is 4. The van der Waals surface area contributed by atoms with E-state index in [0.717, 1.165) is 18.4 Å². The lowest BCUT2D eigenvalue weighted by molar-refractivity contribution is 0.481. The Hall–Kier alpha value is -3.36. The lowest BCUT2D eigenvalue weighted by Crippen LogP contribution is -2.11. The Labute approximate surface area is 211 Å². The van der Waals surface area contributed by atoms with E-state index >= 15 is 0 Å². The lowest BCUT2D eigenvalue weighted by atomic mass is 9.82. The molecule has 0 radical (unpaired) electrons. The molecule has 0 fully saturated rings. The van der Waals surface area contributed by atoms with Crippen molar-refractivity contribution in [3.05, 3.63) is 108 Å². The number of aromatic nitrogens is 1. The minimum Gasteiger partial charge on any atom is -0.256 e. The van der Waals surface area contributed by atoms with E-state index < -0.39 is 0 Å². The van der Waals surface area contributed by atoms with Gasteiger partial charge in [0.1, 0.15) is 0 Å². The van der Waals surface area contributed by atoms with E-state index in [4.69, 9.17) is 4.98 Å². The molecule has 0 saturated carbocycles. The summed E-state index contributed by atoms with van der Waals surface area (Å²) in [6.07, 6.45) is 9.01. The summed E-state index contributed by atoms with van der Waals surface area (Å²) in [5.74, 6) is 0. The van der Waals surface area contributed by atoms with Gasteiger partial charge in [-0.05, 0) is 51.1 Å². The molecule has 0 saturated heterocycles. The number of pyridine rings is 1. The molecule has 35 heavy (non-hydrogen) atoms. The van der Waals surface area contributed by atoms with Gasteiger partial charge in [0, 0.05) is 27.3 Å². The maximum atomic E-state index is 4.89. The molecule has 0 aliphatic heterocycles. The van der Waals surface area contributed by atoms with Crippen LogP contribution in [0.25, 0.3) is 43.6 Å². The van der Waals surface area contributed by atoms with Crippen LogP contribution in [0.15, 0.2) is 113 Å². The zero-order valence-corrected chi connectivity index (χ0v) is 21.3. The lowest BCUT2D eigenvalue weighted by Gasteiger charge is -2.26. The maximum Gasteiger partial charge on any atom is 0.0708 e. The second-order valence-electron chi connectivity index (χ2n) is 10.4. The smallest absolute Gasteiger partial charge is 0.0708 e. The largest absolute Gasteiger partial charge is 0.256 e. The summed E-state index contributed by atoms with van der Waals surface area (Å²) < 4.78 is 0. The van der Waals surface area contributed by atoms with E-state index in [0.29, 0.717) is 0 Å². The van der Waals surface area contributed by atoms with Crippen molar-refractivity contribution in [2.45, 2.75) is 38.5 Å². The van der Waals surface area contributed by atoms with Crippen LogP contribution in [0.2, 0.25) is 0 Å². The topological polar surface area (TPSA) is 12.9 Å². The molecule has 5 aromatic rings. The summed E-state index contributed by atoms with van der Waals surface area (Å²) >= 11 is 1.94. The third kappa shape index (κ3) is 3.96. The average Bonchev–Trinajstić information content (AvgIpc) is 2.88. The number of nitrogens with zero attached hydrogens (tertiary/aromatic N) is 1. The summed E-state index contributed by atoms with van der Waals surface area (Å²) in [6.45, 7) is 6.94. The SMILES string of the molecule is CC(C)(C)C1=CC=C(Sc2c3ccccc3c(-c3ccccc3)c3cnc4ccccc4c23)CC1. The number of rotatable bonds is 3. The van der Waals surface area contributed by atoms with E-state index in [1.54, 1.807) is 0 Å². The fourth-order valence-corrected chi connectivity index (χ4v) is 6.45. The summed E-state index contributed by atoms with van der Waals surface area (Å²) in [5.41, 5.74) is 5.31. The average molecular weight is 472 g/mol. The first-order chi connectivity index (χ1) is 17.0. The number of hydrogen-bond donors (Lipinski definition) is 0. The van der Waals surface area contributed by atoms with Crippen LogP contribution in [0, 0.1) is 5.41 Å². The molecule has 1 heterocycles. The number of benzene rings is 4. The van der Waals surface area contributed by atoms with Crippen LogP contribution in [0.3, 0.4) is 0 Å². The number of hydrogen-bond acceptors (Lipinski definition) is 2. The summed E-state index contributed by atoms with van der Waals surface area (Å²) in [7, 11) is 0. The molecule has 4 aromatic carbocycles. The second-order valence-corrected chi connectivity index (χ2v) is 11.5. The number of thioether (sulfide) groups is 1. The highest BCUT2D eigenvalue weighted by molar-refractivity contribution is 8.03. The molecule has 1 aliphatic rings. The Kier molecular flexibility index (Phi) is 5.50. The van der Waals surface area contributed by atoms with Crippen molar-refractivity contribution in [3.63, 3.8) is 0 Å². The van der Waals surface area contributed by atoms with Gasteiger partial charge in [-0.3, -0.25) is 4.98 Å². The van der Waals surface area contributed by atoms with E-state index in [1.165, 1.54) is 53.4 Å². The molecule has 0 N–H and O–H groups in total. The zero-order chi connectivity index (χ0) is 24.0. The zero-order valence-electron chi connectivity index (χ0n) is 20.5. The molecule has 6 rings (SSSR count). The van der Waals surface area contributed by atoms with Crippen LogP contribution in [0.5, 0.6) is 0 Å². The van der Waals surface area contributed by atoms with Crippen molar-refractivity contribution in [1.82, 2.24) is 4.98 Å². The van der Waals surface area contributed by atoms with E-state index in [-0.39, 0.29) is 5.41 Å². The number of para-hydroxylation sites is 1. The highest BCUT2D eigenvalue weighted by Crippen LogP contribution is 2.48. The molecule has 172 valence electrons. The van der Waals surface area contributed by atoms with Crippen molar-refractivity contribution in [2.24, 2.45) is 5.41 Å². The Morgan fingerprint density at radius 2 is 1.37 bits per heavy atom. The van der Waals surface area contributed by atoms with Crippen LogP contribution in [-0.4, -0.2) is 4.98 Å². The first-order valence-corrected chi connectivity index (χ1v) is 13.2. The Balaban J connectivity index is 1.67. The van der Waals surface area contributed by atoms with Gasteiger partial charge < -0.3 is 0 Å². The molecule has 1 aromatic heterocycles. The first-order valence-electron chi connectivity index (χ1n) is 12.4. The molecule has 1 aliphatic carbocycles. The molecule has 0 bridgehead atoms. The van der Waals surface area contributed by atoms with Crippen molar-refractivity contribution in [1.29, 1.82) is 0 Å². The highest BCUT2D eigenvalue weighted by Gasteiger charge is 2.22. The second kappa shape index (κ2) is 8.70. The van der Waals surface area contributed by atoms with Crippen molar-refractivity contribution >= 4 is 44.2 Å². The third-order valence-corrected chi connectivity index (χ3v) is 8.31. The summed E-state index contributed by atoms with van der Waals surface area (Å²) in [6, 6.07) is 28.2. The monoisotopic (exact) mass is 471 g/mol. The quantitative estimate of drug-likeness (QED) is 0.192. The Morgan fingerprint density at radius 1 is 0.686 bits per heavy atom. The van der Waals surface area contributed by atoms with Gasteiger partial charge in [-0.15, -0.1) is 0 Å². The van der Waals surface area contributed by atoms with Crippen molar-refractivity contribution in [2.75, 3.05) is 0 Å². The molecule has 0 atom stereocenters.